The van der Waals surface area contributed by atoms with Crippen LogP contribution in [0.25, 0.3) is 5.76 Å². The van der Waals surface area contributed by atoms with Gasteiger partial charge in [-0.1, -0.05) is 11.6 Å². The molecule has 3 aliphatic rings. The number of hydrogen-bond donors (Lipinski definition) is 5. The number of benzene rings is 1. The van der Waals surface area contributed by atoms with E-state index in [0.717, 1.165) is 0 Å². The van der Waals surface area contributed by atoms with Crippen molar-refractivity contribution in [1.29, 1.82) is 0 Å². The maximum Gasteiger partial charge on any atom is 0.255 e. The van der Waals surface area contributed by atoms with Crippen LogP contribution in [0.1, 0.15) is 17.5 Å². The Hall–Kier alpha value is -2.88. The van der Waals surface area contributed by atoms with Crippen LogP contribution in [-0.2, 0) is 20.8 Å². The fourth-order valence-electron chi connectivity index (χ4n) is 5.21. The maximum absolute atomic E-state index is 13.5. The van der Waals surface area contributed by atoms with Gasteiger partial charge in [-0.2, -0.15) is 0 Å². The molecule has 3 aliphatic carbocycles. The summed E-state index contributed by atoms with van der Waals surface area (Å²) in [4.78, 5) is 39.8. The summed E-state index contributed by atoms with van der Waals surface area (Å²) in [6, 6.07) is 1.62. The van der Waals surface area contributed by atoms with Crippen molar-refractivity contribution in [3.63, 3.8) is 0 Å². The number of halogens is 1. The highest BCUT2D eigenvalue weighted by atomic mass is 35.5. The van der Waals surface area contributed by atoms with Gasteiger partial charge in [0.2, 0.25) is 5.78 Å². The zero-order valence-corrected chi connectivity index (χ0v) is 17.5. The molecule has 164 valence electrons. The van der Waals surface area contributed by atoms with Crippen molar-refractivity contribution in [2.75, 3.05) is 14.1 Å². The number of carbonyl (C=O) groups excluding carboxylic acids is 3. The summed E-state index contributed by atoms with van der Waals surface area (Å²) in [7, 11) is 3.09. The molecule has 1 amide bonds. The number of phenols is 1. The lowest BCUT2D eigenvalue weighted by Crippen LogP contribution is -2.65. The summed E-state index contributed by atoms with van der Waals surface area (Å²) >= 11 is 6.25. The van der Waals surface area contributed by atoms with Gasteiger partial charge in [0.25, 0.3) is 5.91 Å². The molecule has 1 aromatic rings. The number of aliphatic hydroxyl groups is 3. The van der Waals surface area contributed by atoms with E-state index in [1.807, 2.05) is 0 Å². The number of aromatic hydroxyl groups is 1. The van der Waals surface area contributed by atoms with Gasteiger partial charge in [0.05, 0.1) is 11.6 Å². The molecule has 10 heteroatoms. The third kappa shape index (κ3) is 2.67. The smallest absolute Gasteiger partial charge is 0.255 e. The molecule has 1 saturated carbocycles. The largest absolute Gasteiger partial charge is 0.508 e. The zero-order chi connectivity index (χ0) is 23.0. The topological polar surface area (TPSA) is 161 Å². The number of fused-ring (bicyclic) bond motifs is 3. The minimum atomic E-state index is -2.64. The van der Waals surface area contributed by atoms with Crippen LogP contribution in [0.4, 0.5) is 0 Å². The predicted octanol–water partition coefficient (Wildman–Crippen LogP) is 0.617. The normalized spacial score (nSPS) is 30.3. The SMILES string of the molecule is CN(C)[C@@H]1C(=O)C(C(N)=O)=C(O)[C@@]2(O)C(=O)C3=C(O)c4c(O)ccc(Cl)c4C[C@H]3C[C@@H]12. The Morgan fingerprint density at radius 2 is 1.87 bits per heavy atom. The summed E-state index contributed by atoms with van der Waals surface area (Å²) in [6.45, 7) is 0. The van der Waals surface area contributed by atoms with E-state index in [-0.39, 0.29) is 34.8 Å². The van der Waals surface area contributed by atoms with Gasteiger partial charge in [-0.3, -0.25) is 19.3 Å². The molecule has 1 aromatic carbocycles. The van der Waals surface area contributed by atoms with Crippen LogP contribution < -0.4 is 5.73 Å². The minimum absolute atomic E-state index is 0.0243. The summed E-state index contributed by atoms with van der Waals surface area (Å²) < 4.78 is 0. The van der Waals surface area contributed by atoms with Gasteiger partial charge >= 0.3 is 0 Å². The molecule has 4 atom stereocenters. The van der Waals surface area contributed by atoms with E-state index < -0.39 is 58.0 Å². The Kier molecular flexibility index (Phi) is 4.69. The van der Waals surface area contributed by atoms with Crippen molar-refractivity contribution in [2.24, 2.45) is 17.6 Å². The number of carbonyl (C=O) groups is 3. The van der Waals surface area contributed by atoms with Crippen molar-refractivity contribution in [3.8, 4) is 5.75 Å². The molecule has 6 N–H and O–H groups in total. The molecular formula is C21H21ClN2O7. The summed E-state index contributed by atoms with van der Waals surface area (Å²) in [5.74, 6) is -6.83. The van der Waals surface area contributed by atoms with Crippen LogP contribution in [0.5, 0.6) is 5.75 Å². The second kappa shape index (κ2) is 6.81. The first-order chi connectivity index (χ1) is 14.4. The first-order valence-corrected chi connectivity index (χ1v) is 9.95. The molecule has 0 unspecified atom stereocenters. The van der Waals surface area contributed by atoms with Gasteiger partial charge < -0.3 is 26.2 Å². The van der Waals surface area contributed by atoms with E-state index in [4.69, 9.17) is 17.3 Å². The van der Waals surface area contributed by atoms with Gasteiger partial charge in [0.1, 0.15) is 22.8 Å². The average molecular weight is 449 g/mol. The van der Waals surface area contributed by atoms with E-state index in [2.05, 4.69) is 0 Å². The van der Waals surface area contributed by atoms with Crippen LogP contribution in [0.2, 0.25) is 5.02 Å². The number of amides is 1. The molecular weight excluding hydrogens is 428 g/mol. The quantitative estimate of drug-likeness (QED) is 0.411. The van der Waals surface area contributed by atoms with Crippen molar-refractivity contribution in [3.05, 3.63) is 45.2 Å². The van der Waals surface area contributed by atoms with E-state index in [1.54, 1.807) is 14.1 Å². The van der Waals surface area contributed by atoms with E-state index in [1.165, 1.54) is 17.0 Å². The molecule has 0 bridgehead atoms. The number of nitrogens with two attached hydrogens (primary N) is 1. The standard InChI is InChI=1S/C21H21ClN2O7/c1-24(2)15-9-6-7-5-8-10(22)3-4-11(25)13(8)16(26)12(7)18(28)21(9,31)19(29)14(17(15)27)20(23)30/h3-4,7,9,15,25-26,29,31H,5-6H2,1-2H3,(H2,23,30)/t7-,9-,15-,21-/m0/s1. The molecule has 0 aromatic heterocycles. The molecule has 0 radical (unpaired) electrons. The van der Waals surface area contributed by atoms with Crippen molar-refractivity contribution in [1.82, 2.24) is 4.90 Å². The summed E-state index contributed by atoms with van der Waals surface area (Å²) in [5.41, 5.74) is 2.00. The van der Waals surface area contributed by atoms with Crippen LogP contribution >= 0.6 is 11.6 Å². The monoisotopic (exact) mass is 448 g/mol. The van der Waals surface area contributed by atoms with E-state index in [9.17, 15) is 34.8 Å². The molecule has 0 heterocycles. The fourth-order valence-corrected chi connectivity index (χ4v) is 5.44. The number of primary amides is 1. The second-order valence-corrected chi connectivity index (χ2v) is 8.79. The number of nitrogens with zero attached hydrogens (tertiary/aromatic N) is 1. The van der Waals surface area contributed by atoms with Crippen LogP contribution in [0.3, 0.4) is 0 Å². The fraction of sp³-hybridized carbons (Fsp3) is 0.381. The molecule has 0 saturated heterocycles. The summed E-state index contributed by atoms with van der Waals surface area (Å²) in [6.07, 6.45) is 0.194. The molecule has 0 spiro atoms. The number of rotatable bonds is 2. The number of ketones is 2. The van der Waals surface area contributed by atoms with Crippen molar-refractivity contribution < 1.29 is 34.8 Å². The van der Waals surface area contributed by atoms with Crippen molar-refractivity contribution in [2.45, 2.75) is 24.5 Å². The lowest BCUT2D eigenvalue weighted by Gasteiger charge is -2.50. The minimum Gasteiger partial charge on any atom is -0.508 e. The van der Waals surface area contributed by atoms with Gasteiger partial charge in [-0.25, -0.2) is 0 Å². The van der Waals surface area contributed by atoms with Gasteiger partial charge in [0, 0.05) is 16.5 Å². The number of aliphatic hydroxyl groups excluding tert-OH is 2. The first-order valence-electron chi connectivity index (χ1n) is 9.58. The van der Waals surface area contributed by atoms with E-state index >= 15 is 0 Å². The molecule has 0 aliphatic heterocycles. The maximum atomic E-state index is 13.5. The number of hydrogen-bond acceptors (Lipinski definition) is 8. The number of phenolic OH excluding ortho intramolecular Hbond substituents is 1. The number of likely N-dealkylation sites (N-methyl/N-ethyl adjacent to an activating group) is 1. The highest BCUT2D eigenvalue weighted by Gasteiger charge is 2.64. The van der Waals surface area contributed by atoms with Crippen LogP contribution in [-0.4, -0.2) is 68.5 Å². The third-order valence-electron chi connectivity index (χ3n) is 6.55. The molecule has 1 fully saturated rings. The molecule has 4 rings (SSSR count). The van der Waals surface area contributed by atoms with Crippen LogP contribution in [0.15, 0.2) is 29.0 Å². The lowest BCUT2D eigenvalue weighted by molar-refractivity contribution is -0.153. The van der Waals surface area contributed by atoms with Gasteiger partial charge in [0.15, 0.2) is 11.4 Å². The first kappa shape index (κ1) is 21.4. The average Bonchev–Trinajstić information content (AvgIpc) is 2.67. The Morgan fingerprint density at radius 3 is 2.45 bits per heavy atom. The third-order valence-corrected chi connectivity index (χ3v) is 6.90. The summed E-state index contributed by atoms with van der Waals surface area (Å²) in [5, 5.41) is 43.6. The Morgan fingerprint density at radius 1 is 1.23 bits per heavy atom. The Bertz CT molecular complexity index is 1120. The lowest BCUT2D eigenvalue weighted by atomic mass is 9.57. The van der Waals surface area contributed by atoms with Gasteiger partial charge in [-0.15, -0.1) is 0 Å². The highest BCUT2D eigenvalue weighted by molar-refractivity contribution is 6.32. The van der Waals surface area contributed by atoms with Crippen molar-refractivity contribution >= 4 is 34.8 Å². The predicted molar refractivity (Wildman–Crippen MR) is 109 cm³/mol. The van der Waals surface area contributed by atoms with Gasteiger partial charge in [-0.05, 0) is 50.6 Å². The molecule has 31 heavy (non-hydrogen) atoms. The van der Waals surface area contributed by atoms with E-state index in [0.29, 0.717) is 5.56 Å². The Labute approximate surface area is 182 Å². The zero-order valence-electron chi connectivity index (χ0n) is 16.7. The highest BCUT2D eigenvalue weighted by Crippen LogP contribution is 2.53. The number of Topliss-reactive ketones (excluding diaryl/α,β-unsaturated/α-hetero) is 2. The van der Waals surface area contributed by atoms with Crippen LogP contribution in [0, 0.1) is 11.8 Å². The Balaban J connectivity index is 1.99. The second-order valence-electron chi connectivity index (χ2n) is 8.38. The molecule has 9 nitrogen and oxygen atoms in total.